The van der Waals surface area contributed by atoms with E-state index in [-0.39, 0.29) is 10.9 Å². The Morgan fingerprint density at radius 1 is 1.56 bits per heavy atom. The van der Waals surface area contributed by atoms with Crippen LogP contribution in [-0.4, -0.2) is 17.8 Å². The highest BCUT2D eigenvalue weighted by Gasteiger charge is 2.13. The predicted molar refractivity (Wildman–Crippen MR) is 63.4 cm³/mol. The van der Waals surface area contributed by atoms with Gasteiger partial charge < -0.3 is 5.32 Å². The van der Waals surface area contributed by atoms with Crippen molar-refractivity contribution >= 4 is 17.5 Å². The largest absolute Gasteiger partial charge is 0.350 e. The van der Waals surface area contributed by atoms with Gasteiger partial charge in [0.25, 0.3) is 5.91 Å². The van der Waals surface area contributed by atoms with E-state index in [2.05, 4.69) is 5.32 Å². The molecule has 0 heterocycles. The van der Waals surface area contributed by atoms with Crippen LogP contribution in [0.1, 0.15) is 29.3 Å². The van der Waals surface area contributed by atoms with Crippen LogP contribution in [0.5, 0.6) is 0 Å². The molecule has 0 aliphatic heterocycles. The molecule has 1 aromatic rings. The van der Waals surface area contributed by atoms with Crippen LogP contribution in [0.2, 0.25) is 0 Å². The fourth-order valence-electron chi connectivity index (χ4n) is 1.27. The van der Waals surface area contributed by atoms with Gasteiger partial charge >= 0.3 is 0 Å². The lowest BCUT2D eigenvalue weighted by Crippen LogP contribution is -2.30. The maximum atomic E-state index is 13.6. The number of carbonyl (C=O) groups excluding carboxylic acids is 1. The van der Waals surface area contributed by atoms with Gasteiger partial charge in [0.2, 0.25) is 0 Å². The summed E-state index contributed by atoms with van der Waals surface area (Å²) in [6.07, 6.45) is 0.762. The Labute approximate surface area is 99.8 Å². The molecule has 2 nitrogen and oxygen atoms in total. The molecular weight excluding hydrogens is 229 g/mol. The average Bonchev–Trinajstić information content (AvgIpc) is 2.29. The van der Waals surface area contributed by atoms with Gasteiger partial charge in [0.1, 0.15) is 5.82 Å². The Balaban J connectivity index is 2.70. The van der Waals surface area contributed by atoms with Crippen LogP contribution in [0.3, 0.4) is 0 Å². The lowest BCUT2D eigenvalue weighted by molar-refractivity contribution is 0.0949. The highest BCUT2D eigenvalue weighted by Crippen LogP contribution is 2.11. The van der Waals surface area contributed by atoms with Crippen LogP contribution in [0.25, 0.3) is 0 Å². The van der Waals surface area contributed by atoms with Crippen LogP contribution in [-0.2, 0) is 0 Å². The second-order valence-electron chi connectivity index (χ2n) is 3.65. The van der Waals surface area contributed by atoms with Gasteiger partial charge in [-0.3, -0.25) is 4.79 Å². The average molecular weight is 244 g/mol. The van der Waals surface area contributed by atoms with Gasteiger partial charge in [0, 0.05) is 6.54 Å². The first-order valence-electron chi connectivity index (χ1n) is 5.23. The number of halogens is 2. The normalized spacial score (nSPS) is 12.2. The van der Waals surface area contributed by atoms with Crippen molar-refractivity contribution < 1.29 is 9.18 Å². The van der Waals surface area contributed by atoms with Crippen molar-refractivity contribution in [2.75, 3.05) is 6.54 Å². The van der Waals surface area contributed by atoms with E-state index in [1.807, 2.05) is 6.92 Å². The second kappa shape index (κ2) is 5.85. The van der Waals surface area contributed by atoms with Crippen molar-refractivity contribution in [2.24, 2.45) is 0 Å². The molecule has 4 heteroatoms. The van der Waals surface area contributed by atoms with Gasteiger partial charge in [-0.2, -0.15) is 0 Å². The minimum absolute atomic E-state index is 0.0694. The number of rotatable bonds is 4. The summed E-state index contributed by atoms with van der Waals surface area (Å²) < 4.78 is 13.6. The number of amides is 1. The fourth-order valence-corrected chi connectivity index (χ4v) is 1.34. The maximum absolute atomic E-state index is 13.6. The number of alkyl halides is 1. The Kier molecular flexibility index (Phi) is 4.74. The first kappa shape index (κ1) is 13.0. The molecule has 0 bridgehead atoms. The molecule has 88 valence electrons. The standard InChI is InChI=1S/C12H15ClFNO/c1-3-9(13)7-15-12(16)10-6-4-5-8(2)11(10)14/h4-6,9H,3,7H2,1-2H3,(H,15,16). The molecule has 1 amide bonds. The highest BCUT2D eigenvalue weighted by atomic mass is 35.5. The van der Waals surface area contributed by atoms with E-state index >= 15 is 0 Å². The van der Waals surface area contributed by atoms with E-state index in [0.717, 1.165) is 6.42 Å². The van der Waals surface area contributed by atoms with E-state index < -0.39 is 11.7 Å². The molecule has 0 aliphatic carbocycles. The molecule has 1 unspecified atom stereocenters. The molecule has 0 aromatic heterocycles. The molecule has 1 rings (SSSR count). The van der Waals surface area contributed by atoms with Gasteiger partial charge in [0.05, 0.1) is 10.9 Å². The number of nitrogens with one attached hydrogen (secondary N) is 1. The summed E-state index contributed by atoms with van der Waals surface area (Å²) in [7, 11) is 0. The van der Waals surface area contributed by atoms with Crippen LogP contribution in [0.4, 0.5) is 4.39 Å². The summed E-state index contributed by atoms with van der Waals surface area (Å²) >= 11 is 5.86. The topological polar surface area (TPSA) is 29.1 Å². The Morgan fingerprint density at radius 3 is 2.88 bits per heavy atom. The highest BCUT2D eigenvalue weighted by molar-refractivity contribution is 6.20. The molecule has 1 atom stereocenters. The van der Waals surface area contributed by atoms with Crippen LogP contribution >= 0.6 is 11.6 Å². The molecule has 1 N–H and O–H groups in total. The van der Waals surface area contributed by atoms with Crippen LogP contribution in [0, 0.1) is 12.7 Å². The SMILES string of the molecule is CCC(Cl)CNC(=O)c1cccc(C)c1F. The Hall–Kier alpha value is -1.09. The molecule has 1 aromatic carbocycles. The number of aryl methyl sites for hydroxylation is 1. The van der Waals surface area contributed by atoms with Crippen LogP contribution in [0.15, 0.2) is 18.2 Å². The molecule has 0 fully saturated rings. The van der Waals surface area contributed by atoms with Gasteiger partial charge in [-0.15, -0.1) is 11.6 Å². The molecule has 0 radical (unpaired) electrons. The number of hydrogen-bond donors (Lipinski definition) is 1. The molecule has 0 saturated carbocycles. The first-order valence-corrected chi connectivity index (χ1v) is 5.67. The van der Waals surface area contributed by atoms with Crippen molar-refractivity contribution in [1.29, 1.82) is 0 Å². The van der Waals surface area contributed by atoms with Crippen molar-refractivity contribution in [3.05, 3.63) is 35.1 Å². The molecule has 16 heavy (non-hydrogen) atoms. The zero-order valence-electron chi connectivity index (χ0n) is 9.39. The minimum Gasteiger partial charge on any atom is -0.350 e. The van der Waals surface area contributed by atoms with Gasteiger partial charge in [-0.25, -0.2) is 4.39 Å². The summed E-state index contributed by atoms with van der Waals surface area (Å²) in [6.45, 7) is 3.91. The predicted octanol–water partition coefficient (Wildman–Crippen LogP) is 2.88. The summed E-state index contributed by atoms with van der Waals surface area (Å²) in [4.78, 5) is 11.6. The number of benzene rings is 1. The Morgan fingerprint density at radius 2 is 2.25 bits per heavy atom. The third-order valence-electron chi connectivity index (χ3n) is 2.36. The quantitative estimate of drug-likeness (QED) is 0.810. The van der Waals surface area contributed by atoms with Crippen LogP contribution < -0.4 is 5.32 Å². The monoisotopic (exact) mass is 243 g/mol. The minimum atomic E-state index is -0.470. The third-order valence-corrected chi connectivity index (χ3v) is 2.83. The van der Waals surface area contributed by atoms with E-state index in [4.69, 9.17) is 11.6 Å². The van der Waals surface area contributed by atoms with Gasteiger partial charge in [0.15, 0.2) is 0 Å². The summed E-state index contributed by atoms with van der Waals surface area (Å²) in [5, 5.41) is 2.49. The maximum Gasteiger partial charge on any atom is 0.254 e. The van der Waals surface area contributed by atoms with Gasteiger partial charge in [-0.1, -0.05) is 19.1 Å². The molecule has 0 aliphatic rings. The van der Waals surface area contributed by atoms with E-state index in [1.165, 1.54) is 6.07 Å². The van der Waals surface area contributed by atoms with Crippen molar-refractivity contribution in [3.63, 3.8) is 0 Å². The number of carbonyl (C=O) groups is 1. The van der Waals surface area contributed by atoms with Crippen molar-refractivity contribution in [1.82, 2.24) is 5.32 Å². The third kappa shape index (κ3) is 3.20. The van der Waals surface area contributed by atoms with Crippen molar-refractivity contribution in [2.45, 2.75) is 25.6 Å². The van der Waals surface area contributed by atoms with Crippen molar-refractivity contribution in [3.8, 4) is 0 Å². The number of hydrogen-bond acceptors (Lipinski definition) is 1. The fraction of sp³-hybridized carbons (Fsp3) is 0.417. The molecular formula is C12H15ClFNO. The smallest absolute Gasteiger partial charge is 0.254 e. The van der Waals surface area contributed by atoms with Gasteiger partial charge in [-0.05, 0) is 25.0 Å². The zero-order chi connectivity index (χ0) is 12.1. The summed E-state index contributed by atoms with van der Waals surface area (Å²) in [5.41, 5.74) is 0.533. The van der Waals surface area contributed by atoms with E-state index in [1.54, 1.807) is 19.1 Å². The van der Waals surface area contributed by atoms with E-state index in [9.17, 15) is 9.18 Å². The summed E-state index contributed by atoms with van der Waals surface area (Å²) in [5.74, 6) is -0.886. The zero-order valence-corrected chi connectivity index (χ0v) is 10.1. The Bertz CT molecular complexity index is 381. The summed E-state index contributed by atoms with van der Waals surface area (Å²) in [6, 6.07) is 4.75. The molecule has 0 spiro atoms. The molecule has 0 saturated heterocycles. The van der Waals surface area contributed by atoms with E-state index in [0.29, 0.717) is 12.1 Å². The first-order chi connectivity index (χ1) is 7.56. The lowest BCUT2D eigenvalue weighted by atomic mass is 10.1. The lowest BCUT2D eigenvalue weighted by Gasteiger charge is -2.09. The second-order valence-corrected chi connectivity index (χ2v) is 4.27.